The van der Waals surface area contributed by atoms with Gasteiger partial charge in [-0.05, 0) is 44.2 Å². The average molecular weight is 265 g/mol. The molecule has 0 bridgehead atoms. The largest absolute Gasteiger partial charge is 0.460 e. The lowest BCUT2D eigenvalue weighted by atomic mass is 10.2. The number of hydrazone groups is 1. The monoisotopic (exact) mass is 265 g/mol. The highest BCUT2D eigenvalue weighted by molar-refractivity contribution is 5.96. The van der Waals surface area contributed by atoms with Crippen molar-refractivity contribution in [3.63, 3.8) is 0 Å². The molecule has 1 N–H and O–H groups in total. The summed E-state index contributed by atoms with van der Waals surface area (Å²) in [6, 6.07) is 15.7. The third-order valence-corrected chi connectivity index (χ3v) is 3.03. The van der Waals surface area contributed by atoms with E-state index in [0.717, 1.165) is 28.1 Å². The molecule has 0 unspecified atom stereocenters. The number of rotatable bonds is 3. The van der Waals surface area contributed by atoms with E-state index >= 15 is 0 Å². The third kappa shape index (κ3) is 2.54. The van der Waals surface area contributed by atoms with Crippen molar-refractivity contribution in [2.24, 2.45) is 5.10 Å². The van der Waals surface area contributed by atoms with Crippen molar-refractivity contribution >= 4 is 22.4 Å². The fourth-order valence-electron chi connectivity index (χ4n) is 1.95. The van der Waals surface area contributed by atoms with Crippen molar-refractivity contribution in [1.29, 1.82) is 0 Å². The maximum Gasteiger partial charge on any atom is 0.149 e. The lowest BCUT2D eigenvalue weighted by Crippen LogP contribution is -1.99. The number of hydrogen-bond acceptors (Lipinski definition) is 4. The molecule has 0 aliphatic carbocycles. The minimum absolute atomic E-state index is 0.714. The fraction of sp³-hybridized carbons (Fsp3) is 0.125. The van der Waals surface area contributed by atoms with Gasteiger partial charge < -0.3 is 4.42 Å². The summed E-state index contributed by atoms with van der Waals surface area (Å²) in [4.78, 5) is 4.50. The van der Waals surface area contributed by atoms with E-state index in [4.69, 9.17) is 4.42 Å². The standard InChI is InChI=1S/C16H15N3O/c1-11-7-9-15(20-11)12(2)18-19-16-10-8-13-5-3-4-6-14(13)17-16/h3-10H,1-2H3,(H,17,19). The highest BCUT2D eigenvalue weighted by atomic mass is 16.3. The molecule has 0 fully saturated rings. The second-order valence-corrected chi connectivity index (χ2v) is 4.61. The summed E-state index contributed by atoms with van der Waals surface area (Å²) in [6.45, 7) is 3.81. The maximum absolute atomic E-state index is 5.51. The van der Waals surface area contributed by atoms with Gasteiger partial charge in [0.05, 0.1) is 5.52 Å². The number of aromatic nitrogens is 1. The van der Waals surface area contributed by atoms with E-state index in [0.29, 0.717) is 5.82 Å². The summed E-state index contributed by atoms with van der Waals surface area (Å²) in [5, 5.41) is 5.41. The molecule has 0 aliphatic rings. The molecular formula is C16H15N3O. The Morgan fingerprint density at radius 3 is 2.75 bits per heavy atom. The Morgan fingerprint density at radius 1 is 1.10 bits per heavy atom. The zero-order valence-electron chi connectivity index (χ0n) is 11.4. The number of hydrogen-bond donors (Lipinski definition) is 1. The van der Waals surface area contributed by atoms with Crippen LogP contribution in [0.15, 0.2) is 58.0 Å². The summed E-state index contributed by atoms with van der Waals surface area (Å²) in [5.74, 6) is 2.35. The number of benzene rings is 1. The van der Waals surface area contributed by atoms with Crippen molar-refractivity contribution in [2.75, 3.05) is 5.43 Å². The first-order chi connectivity index (χ1) is 9.72. The first-order valence-corrected chi connectivity index (χ1v) is 6.45. The predicted molar refractivity (Wildman–Crippen MR) is 81.0 cm³/mol. The van der Waals surface area contributed by atoms with Crippen LogP contribution in [0, 0.1) is 6.92 Å². The van der Waals surface area contributed by atoms with Gasteiger partial charge in [-0.2, -0.15) is 5.10 Å². The van der Waals surface area contributed by atoms with Crippen molar-refractivity contribution in [3.05, 3.63) is 60.1 Å². The van der Waals surface area contributed by atoms with Gasteiger partial charge in [0.1, 0.15) is 23.1 Å². The van der Waals surface area contributed by atoms with Gasteiger partial charge in [0.25, 0.3) is 0 Å². The molecule has 0 spiro atoms. The van der Waals surface area contributed by atoms with Gasteiger partial charge in [-0.15, -0.1) is 0 Å². The molecule has 3 rings (SSSR count). The minimum atomic E-state index is 0.714. The fourth-order valence-corrected chi connectivity index (χ4v) is 1.95. The molecule has 4 nitrogen and oxygen atoms in total. The molecule has 0 saturated carbocycles. The number of nitrogens with zero attached hydrogens (tertiary/aromatic N) is 2. The Hall–Kier alpha value is -2.62. The van der Waals surface area contributed by atoms with Crippen LogP contribution in [-0.2, 0) is 0 Å². The van der Waals surface area contributed by atoms with Crippen LogP contribution in [0.2, 0.25) is 0 Å². The summed E-state index contributed by atoms with van der Waals surface area (Å²) in [5.41, 5.74) is 4.69. The van der Waals surface area contributed by atoms with Gasteiger partial charge in [-0.1, -0.05) is 18.2 Å². The number of aryl methyl sites for hydroxylation is 1. The number of pyridine rings is 1. The molecule has 3 aromatic rings. The zero-order chi connectivity index (χ0) is 13.9. The van der Waals surface area contributed by atoms with Crippen molar-refractivity contribution in [2.45, 2.75) is 13.8 Å². The Labute approximate surface area is 117 Å². The molecule has 20 heavy (non-hydrogen) atoms. The van der Waals surface area contributed by atoms with E-state index in [1.165, 1.54) is 0 Å². The first kappa shape index (κ1) is 12.4. The normalized spacial score (nSPS) is 11.8. The van der Waals surface area contributed by atoms with Gasteiger partial charge in [0, 0.05) is 5.39 Å². The summed E-state index contributed by atoms with van der Waals surface area (Å²) < 4.78 is 5.51. The third-order valence-electron chi connectivity index (χ3n) is 3.03. The van der Waals surface area contributed by atoms with E-state index in [2.05, 4.69) is 15.5 Å². The molecule has 0 aliphatic heterocycles. The highest BCUT2D eigenvalue weighted by Gasteiger charge is 2.02. The number of fused-ring (bicyclic) bond motifs is 1. The molecule has 0 saturated heterocycles. The predicted octanol–water partition coefficient (Wildman–Crippen LogP) is 3.97. The van der Waals surface area contributed by atoms with Gasteiger partial charge >= 0.3 is 0 Å². The molecule has 1 aromatic carbocycles. The van der Waals surface area contributed by atoms with Crippen molar-refractivity contribution in [1.82, 2.24) is 4.98 Å². The molecule has 2 heterocycles. The van der Waals surface area contributed by atoms with Gasteiger partial charge in [0.2, 0.25) is 0 Å². The van der Waals surface area contributed by atoms with Crippen LogP contribution in [0.1, 0.15) is 18.4 Å². The molecule has 0 radical (unpaired) electrons. The van der Waals surface area contributed by atoms with E-state index in [1.54, 1.807) is 0 Å². The minimum Gasteiger partial charge on any atom is -0.460 e. The number of anilines is 1. The van der Waals surface area contributed by atoms with Crippen LogP contribution in [0.5, 0.6) is 0 Å². The summed E-state index contributed by atoms with van der Waals surface area (Å²) >= 11 is 0. The molecule has 0 amide bonds. The van der Waals surface area contributed by atoms with Crippen LogP contribution in [0.3, 0.4) is 0 Å². The molecule has 0 atom stereocenters. The van der Waals surface area contributed by atoms with Crippen LogP contribution < -0.4 is 5.43 Å². The molecule has 100 valence electrons. The SMILES string of the molecule is CC(=NNc1ccc2ccccc2n1)c1ccc(C)o1. The molecule has 4 heteroatoms. The van der Waals surface area contributed by atoms with Crippen molar-refractivity contribution < 1.29 is 4.42 Å². The number of furan rings is 1. The summed E-state index contributed by atoms with van der Waals surface area (Å²) in [6.07, 6.45) is 0. The maximum atomic E-state index is 5.51. The second kappa shape index (κ2) is 5.17. The number of nitrogens with one attached hydrogen (secondary N) is 1. The molecular weight excluding hydrogens is 250 g/mol. The van der Waals surface area contributed by atoms with Gasteiger partial charge in [-0.25, -0.2) is 4.98 Å². The van der Waals surface area contributed by atoms with E-state index < -0.39 is 0 Å². The van der Waals surface area contributed by atoms with Crippen LogP contribution in [0.4, 0.5) is 5.82 Å². The van der Waals surface area contributed by atoms with Gasteiger partial charge in [0.15, 0.2) is 0 Å². The van der Waals surface area contributed by atoms with Gasteiger partial charge in [-0.3, -0.25) is 5.43 Å². The topological polar surface area (TPSA) is 50.4 Å². The summed E-state index contributed by atoms with van der Waals surface area (Å²) in [7, 11) is 0. The Morgan fingerprint density at radius 2 is 1.95 bits per heavy atom. The van der Waals surface area contributed by atoms with Crippen LogP contribution in [-0.4, -0.2) is 10.7 Å². The Kier molecular flexibility index (Phi) is 3.21. The Balaban J connectivity index is 1.82. The quantitative estimate of drug-likeness (QED) is 0.575. The van der Waals surface area contributed by atoms with Crippen LogP contribution in [0.25, 0.3) is 10.9 Å². The average Bonchev–Trinajstić information content (AvgIpc) is 2.91. The Bertz CT molecular complexity index is 774. The van der Waals surface area contributed by atoms with E-state index in [-0.39, 0.29) is 0 Å². The first-order valence-electron chi connectivity index (χ1n) is 6.45. The lowest BCUT2D eigenvalue weighted by Gasteiger charge is -2.03. The lowest BCUT2D eigenvalue weighted by molar-refractivity contribution is 0.525. The second-order valence-electron chi connectivity index (χ2n) is 4.61. The zero-order valence-corrected chi connectivity index (χ0v) is 11.4. The van der Waals surface area contributed by atoms with E-state index in [9.17, 15) is 0 Å². The molecule has 2 aromatic heterocycles. The van der Waals surface area contributed by atoms with Crippen molar-refractivity contribution in [3.8, 4) is 0 Å². The van der Waals surface area contributed by atoms with E-state index in [1.807, 2.05) is 62.4 Å². The number of para-hydroxylation sites is 1. The highest BCUT2D eigenvalue weighted by Crippen LogP contribution is 2.15. The smallest absolute Gasteiger partial charge is 0.149 e. The van der Waals surface area contributed by atoms with Crippen LogP contribution >= 0.6 is 0 Å².